The third-order valence-corrected chi connectivity index (χ3v) is 6.19. The van der Waals surface area contributed by atoms with Crippen molar-refractivity contribution >= 4 is 27.4 Å². The smallest absolute Gasteiger partial charge is 0.241 e. The molecule has 0 radical (unpaired) electrons. The highest BCUT2D eigenvalue weighted by molar-refractivity contribution is 7.93. The lowest BCUT2D eigenvalue weighted by Gasteiger charge is -2.32. The topological polar surface area (TPSA) is 76.0 Å². The molecule has 1 aromatic carbocycles. The third kappa shape index (κ3) is 3.65. The molecule has 0 aliphatic carbocycles. The van der Waals surface area contributed by atoms with Gasteiger partial charge in [0.1, 0.15) is 16.8 Å². The Morgan fingerprint density at radius 1 is 1.19 bits per heavy atom. The molecule has 1 aliphatic rings. The SMILES string of the molecule is CC1=C(S(=O)(=O)NC(C)(C)C)C(c2ccc(Cl)cc2)n2nc(C)cc2N1. The van der Waals surface area contributed by atoms with Crippen molar-refractivity contribution in [1.29, 1.82) is 0 Å². The Kier molecular flexibility index (Phi) is 4.67. The Morgan fingerprint density at radius 2 is 1.81 bits per heavy atom. The highest BCUT2D eigenvalue weighted by atomic mass is 35.5. The van der Waals surface area contributed by atoms with Gasteiger partial charge in [-0.25, -0.2) is 17.8 Å². The predicted octanol–water partition coefficient (Wildman–Crippen LogP) is 3.81. The number of sulfonamides is 1. The molecule has 2 heterocycles. The number of fused-ring (bicyclic) bond motifs is 1. The summed E-state index contributed by atoms with van der Waals surface area (Å²) in [6, 6.07) is 8.50. The van der Waals surface area contributed by atoms with Crippen LogP contribution in [0.25, 0.3) is 0 Å². The molecule has 140 valence electrons. The van der Waals surface area contributed by atoms with Crippen LogP contribution >= 0.6 is 11.6 Å². The van der Waals surface area contributed by atoms with Gasteiger partial charge in [-0.3, -0.25) is 0 Å². The van der Waals surface area contributed by atoms with Gasteiger partial charge < -0.3 is 5.32 Å². The Balaban J connectivity index is 2.21. The second kappa shape index (κ2) is 6.40. The van der Waals surface area contributed by atoms with Crippen molar-refractivity contribution in [3.05, 3.63) is 57.2 Å². The monoisotopic (exact) mass is 394 g/mol. The molecule has 0 bridgehead atoms. The van der Waals surface area contributed by atoms with Crippen molar-refractivity contribution in [2.45, 2.75) is 46.2 Å². The van der Waals surface area contributed by atoms with E-state index >= 15 is 0 Å². The van der Waals surface area contributed by atoms with Gasteiger partial charge in [-0.2, -0.15) is 5.10 Å². The van der Waals surface area contributed by atoms with Gasteiger partial charge >= 0.3 is 0 Å². The summed E-state index contributed by atoms with van der Waals surface area (Å²) >= 11 is 6.02. The van der Waals surface area contributed by atoms with Crippen molar-refractivity contribution < 1.29 is 8.42 Å². The Hall–Kier alpha value is -1.83. The molecule has 8 heteroatoms. The van der Waals surface area contributed by atoms with Gasteiger partial charge in [-0.15, -0.1) is 0 Å². The van der Waals surface area contributed by atoms with Gasteiger partial charge in [0.25, 0.3) is 0 Å². The van der Waals surface area contributed by atoms with Crippen LogP contribution in [0.1, 0.15) is 45.0 Å². The average molecular weight is 395 g/mol. The first-order chi connectivity index (χ1) is 12.0. The molecule has 1 unspecified atom stereocenters. The molecule has 3 rings (SSSR count). The van der Waals surface area contributed by atoms with Crippen LogP contribution in [-0.2, 0) is 10.0 Å². The first-order valence-electron chi connectivity index (χ1n) is 8.31. The van der Waals surface area contributed by atoms with E-state index in [1.807, 2.05) is 45.9 Å². The van der Waals surface area contributed by atoms with Crippen LogP contribution < -0.4 is 10.0 Å². The zero-order valence-corrected chi connectivity index (χ0v) is 17.0. The highest BCUT2D eigenvalue weighted by Crippen LogP contribution is 2.39. The summed E-state index contributed by atoms with van der Waals surface area (Å²) in [5, 5.41) is 8.28. The Bertz CT molecular complexity index is 970. The van der Waals surface area contributed by atoms with Gasteiger partial charge in [0.2, 0.25) is 10.0 Å². The van der Waals surface area contributed by atoms with Crippen LogP contribution in [0.3, 0.4) is 0 Å². The molecule has 26 heavy (non-hydrogen) atoms. The maximum absolute atomic E-state index is 13.2. The minimum atomic E-state index is -3.76. The van der Waals surface area contributed by atoms with Gasteiger partial charge in [-0.1, -0.05) is 23.7 Å². The molecule has 2 N–H and O–H groups in total. The molecular formula is C18H23ClN4O2S. The van der Waals surface area contributed by atoms with E-state index in [1.165, 1.54) is 0 Å². The van der Waals surface area contributed by atoms with E-state index in [1.54, 1.807) is 23.7 Å². The zero-order chi connectivity index (χ0) is 19.3. The molecule has 0 saturated heterocycles. The summed E-state index contributed by atoms with van der Waals surface area (Å²) in [7, 11) is -3.76. The lowest BCUT2D eigenvalue weighted by atomic mass is 10.0. The summed E-state index contributed by atoms with van der Waals surface area (Å²) < 4.78 is 30.9. The maximum Gasteiger partial charge on any atom is 0.241 e. The minimum absolute atomic E-state index is 0.255. The molecular weight excluding hydrogens is 372 g/mol. The number of hydrogen-bond donors (Lipinski definition) is 2. The number of aromatic nitrogens is 2. The summed E-state index contributed by atoms with van der Waals surface area (Å²) in [5.74, 6) is 0.759. The first kappa shape index (κ1) is 18.9. The third-order valence-electron chi connectivity index (χ3n) is 3.95. The van der Waals surface area contributed by atoms with Crippen molar-refractivity contribution in [2.75, 3.05) is 5.32 Å². The lowest BCUT2D eigenvalue weighted by molar-refractivity contribution is 0.488. The number of benzene rings is 1. The van der Waals surface area contributed by atoms with E-state index in [-0.39, 0.29) is 4.91 Å². The van der Waals surface area contributed by atoms with Crippen LogP contribution in [0.5, 0.6) is 0 Å². The average Bonchev–Trinajstić information content (AvgIpc) is 2.84. The van der Waals surface area contributed by atoms with Crippen LogP contribution in [0.4, 0.5) is 5.82 Å². The molecule has 0 amide bonds. The van der Waals surface area contributed by atoms with Gasteiger partial charge in [0, 0.05) is 22.3 Å². The molecule has 2 aromatic rings. The number of aryl methyl sites for hydroxylation is 1. The van der Waals surface area contributed by atoms with Crippen molar-refractivity contribution in [3.63, 3.8) is 0 Å². The summed E-state index contributed by atoms with van der Waals surface area (Å²) in [6.45, 7) is 9.10. The van der Waals surface area contributed by atoms with Gasteiger partial charge in [0.15, 0.2) is 0 Å². The number of anilines is 1. The second-order valence-electron chi connectivity index (χ2n) is 7.54. The lowest BCUT2D eigenvalue weighted by Crippen LogP contribution is -2.44. The summed E-state index contributed by atoms with van der Waals surface area (Å²) in [5.41, 5.74) is 1.58. The fourth-order valence-corrected chi connectivity index (χ4v) is 5.15. The maximum atomic E-state index is 13.2. The van der Waals surface area contributed by atoms with E-state index in [2.05, 4.69) is 15.1 Å². The number of nitrogens with zero attached hydrogens (tertiary/aromatic N) is 2. The molecule has 0 saturated carbocycles. The minimum Gasteiger partial charge on any atom is -0.343 e. The van der Waals surface area contributed by atoms with Crippen LogP contribution in [0.15, 0.2) is 40.9 Å². The van der Waals surface area contributed by atoms with E-state index in [0.29, 0.717) is 10.7 Å². The van der Waals surface area contributed by atoms with Crippen LogP contribution in [0.2, 0.25) is 5.02 Å². The van der Waals surface area contributed by atoms with E-state index in [0.717, 1.165) is 17.1 Å². The second-order valence-corrected chi connectivity index (χ2v) is 9.63. The van der Waals surface area contributed by atoms with E-state index in [9.17, 15) is 8.42 Å². The largest absolute Gasteiger partial charge is 0.343 e. The van der Waals surface area contributed by atoms with Crippen LogP contribution in [-0.4, -0.2) is 23.7 Å². The Morgan fingerprint density at radius 3 is 2.38 bits per heavy atom. The number of rotatable bonds is 3. The van der Waals surface area contributed by atoms with Gasteiger partial charge in [-0.05, 0) is 52.3 Å². The summed E-state index contributed by atoms with van der Waals surface area (Å²) in [6.07, 6.45) is 0. The number of halogens is 1. The number of hydrogen-bond acceptors (Lipinski definition) is 4. The van der Waals surface area contributed by atoms with Crippen molar-refractivity contribution in [1.82, 2.24) is 14.5 Å². The van der Waals surface area contributed by atoms with Crippen LogP contribution in [0, 0.1) is 6.92 Å². The molecule has 0 fully saturated rings. The van der Waals surface area contributed by atoms with E-state index in [4.69, 9.17) is 11.6 Å². The molecule has 1 aromatic heterocycles. The Labute approximate surface area is 159 Å². The fraction of sp³-hybridized carbons (Fsp3) is 0.389. The zero-order valence-electron chi connectivity index (χ0n) is 15.5. The normalized spacial score (nSPS) is 17.8. The highest BCUT2D eigenvalue weighted by Gasteiger charge is 2.38. The predicted molar refractivity (Wildman–Crippen MR) is 105 cm³/mol. The van der Waals surface area contributed by atoms with Crippen molar-refractivity contribution in [3.8, 4) is 0 Å². The number of nitrogens with one attached hydrogen (secondary N) is 2. The number of allylic oxidation sites excluding steroid dienone is 2. The van der Waals surface area contributed by atoms with E-state index < -0.39 is 21.6 Å². The molecule has 1 aliphatic heterocycles. The quantitative estimate of drug-likeness (QED) is 0.829. The first-order valence-corrected chi connectivity index (χ1v) is 10.2. The standard InChI is InChI=1S/C18H23ClN4O2S/c1-11-10-15-20-12(2)17(26(24,25)22-18(3,4)5)16(23(15)21-11)13-6-8-14(19)9-7-13/h6-10,16,20,22H,1-5H3. The fourth-order valence-electron chi connectivity index (χ4n) is 3.12. The van der Waals surface area contributed by atoms with Crippen molar-refractivity contribution in [2.24, 2.45) is 0 Å². The molecule has 6 nitrogen and oxygen atoms in total. The van der Waals surface area contributed by atoms with Gasteiger partial charge in [0.05, 0.1) is 5.69 Å². The molecule has 1 atom stereocenters. The summed E-state index contributed by atoms with van der Waals surface area (Å²) in [4.78, 5) is 0.255. The molecule has 0 spiro atoms.